The molecule has 20 heavy (non-hydrogen) atoms. The van der Waals surface area contributed by atoms with Crippen molar-refractivity contribution in [3.05, 3.63) is 41.0 Å². The zero-order valence-electron chi connectivity index (χ0n) is 12.3. The highest BCUT2D eigenvalue weighted by molar-refractivity contribution is 5.29. The molecule has 0 atom stereocenters. The van der Waals surface area contributed by atoms with Crippen LogP contribution in [0.5, 0.6) is 5.75 Å². The summed E-state index contributed by atoms with van der Waals surface area (Å²) in [5.74, 6) is 1.50. The standard InChI is InChI=1S/C15H21N3O2/c1-4-7-16-9-14-15(6-5-11(2)17-14)19-10-13-8-12(3)18-20-13/h5-6,8,16H,4,7,9-10H2,1-3H3. The van der Waals surface area contributed by atoms with Crippen molar-refractivity contribution in [1.82, 2.24) is 15.5 Å². The predicted molar refractivity (Wildman–Crippen MR) is 76.5 cm³/mol. The number of nitrogens with one attached hydrogen (secondary N) is 1. The monoisotopic (exact) mass is 275 g/mol. The van der Waals surface area contributed by atoms with Gasteiger partial charge in [-0.15, -0.1) is 0 Å². The van der Waals surface area contributed by atoms with Gasteiger partial charge in [0.1, 0.15) is 12.4 Å². The Hall–Kier alpha value is -1.88. The first kappa shape index (κ1) is 14.5. The highest BCUT2D eigenvalue weighted by Crippen LogP contribution is 2.18. The number of ether oxygens (including phenoxy) is 1. The van der Waals surface area contributed by atoms with Crippen LogP contribution in [0.4, 0.5) is 0 Å². The summed E-state index contributed by atoms with van der Waals surface area (Å²) >= 11 is 0. The van der Waals surface area contributed by atoms with Crippen molar-refractivity contribution in [1.29, 1.82) is 0 Å². The lowest BCUT2D eigenvalue weighted by Gasteiger charge is -2.11. The van der Waals surface area contributed by atoms with E-state index in [1.807, 2.05) is 32.0 Å². The Morgan fingerprint density at radius 2 is 2.10 bits per heavy atom. The van der Waals surface area contributed by atoms with Crippen molar-refractivity contribution in [2.24, 2.45) is 0 Å². The van der Waals surface area contributed by atoms with Gasteiger partial charge in [0, 0.05) is 18.3 Å². The first-order valence-corrected chi connectivity index (χ1v) is 6.91. The number of nitrogens with zero attached hydrogens (tertiary/aromatic N) is 2. The summed E-state index contributed by atoms with van der Waals surface area (Å²) in [6, 6.07) is 5.77. The number of aryl methyl sites for hydroxylation is 2. The molecule has 5 heteroatoms. The van der Waals surface area contributed by atoms with E-state index in [1.165, 1.54) is 0 Å². The van der Waals surface area contributed by atoms with Crippen LogP contribution in [0.3, 0.4) is 0 Å². The molecule has 0 aromatic carbocycles. The molecule has 0 amide bonds. The molecule has 0 saturated carbocycles. The fourth-order valence-corrected chi connectivity index (χ4v) is 1.87. The maximum atomic E-state index is 5.79. The Kier molecular flexibility index (Phi) is 5.12. The Morgan fingerprint density at radius 1 is 1.25 bits per heavy atom. The molecule has 2 aromatic heterocycles. The van der Waals surface area contributed by atoms with E-state index >= 15 is 0 Å². The van der Waals surface area contributed by atoms with Crippen LogP contribution < -0.4 is 10.1 Å². The minimum absolute atomic E-state index is 0.367. The van der Waals surface area contributed by atoms with E-state index in [0.717, 1.165) is 41.6 Å². The second-order valence-corrected chi connectivity index (χ2v) is 4.80. The molecular formula is C15H21N3O2. The van der Waals surface area contributed by atoms with Crippen LogP contribution in [0.2, 0.25) is 0 Å². The first-order chi connectivity index (χ1) is 9.69. The van der Waals surface area contributed by atoms with Crippen LogP contribution >= 0.6 is 0 Å². The molecule has 2 rings (SSSR count). The van der Waals surface area contributed by atoms with E-state index in [-0.39, 0.29) is 0 Å². The van der Waals surface area contributed by atoms with Crippen molar-refractivity contribution in [2.75, 3.05) is 6.54 Å². The molecule has 0 aliphatic rings. The molecule has 0 fully saturated rings. The van der Waals surface area contributed by atoms with Crippen LogP contribution in [0.25, 0.3) is 0 Å². The zero-order chi connectivity index (χ0) is 14.4. The van der Waals surface area contributed by atoms with Gasteiger partial charge >= 0.3 is 0 Å². The molecule has 2 heterocycles. The lowest BCUT2D eigenvalue weighted by molar-refractivity contribution is 0.245. The number of hydrogen-bond donors (Lipinski definition) is 1. The molecule has 1 N–H and O–H groups in total. The summed E-state index contributed by atoms with van der Waals surface area (Å²) in [7, 11) is 0. The zero-order valence-corrected chi connectivity index (χ0v) is 12.3. The van der Waals surface area contributed by atoms with Crippen LogP contribution in [0.15, 0.2) is 22.7 Å². The Bertz CT molecular complexity index is 552. The van der Waals surface area contributed by atoms with E-state index in [0.29, 0.717) is 13.2 Å². The van der Waals surface area contributed by atoms with E-state index in [4.69, 9.17) is 9.26 Å². The van der Waals surface area contributed by atoms with Crippen LogP contribution in [-0.2, 0) is 13.2 Å². The Morgan fingerprint density at radius 3 is 2.80 bits per heavy atom. The van der Waals surface area contributed by atoms with E-state index in [2.05, 4.69) is 22.4 Å². The molecule has 0 saturated heterocycles. The summed E-state index contributed by atoms with van der Waals surface area (Å²) < 4.78 is 10.9. The third-order valence-electron chi connectivity index (χ3n) is 2.84. The molecule has 0 unspecified atom stereocenters. The fraction of sp³-hybridized carbons (Fsp3) is 0.467. The minimum Gasteiger partial charge on any atom is -0.484 e. The molecule has 0 bridgehead atoms. The molecule has 0 radical (unpaired) electrons. The van der Waals surface area contributed by atoms with E-state index in [9.17, 15) is 0 Å². The molecule has 0 aliphatic heterocycles. The molecule has 108 valence electrons. The predicted octanol–water partition coefficient (Wildman–Crippen LogP) is 2.77. The maximum Gasteiger partial charge on any atom is 0.174 e. The number of hydrogen-bond acceptors (Lipinski definition) is 5. The highest BCUT2D eigenvalue weighted by Gasteiger charge is 2.08. The number of pyridine rings is 1. The summed E-state index contributed by atoms with van der Waals surface area (Å²) in [5, 5.41) is 7.19. The van der Waals surface area contributed by atoms with Crippen molar-refractivity contribution in [2.45, 2.75) is 40.3 Å². The second kappa shape index (κ2) is 7.05. The Balaban J connectivity index is 2.01. The third kappa shape index (κ3) is 4.06. The fourth-order valence-electron chi connectivity index (χ4n) is 1.87. The summed E-state index contributed by atoms with van der Waals surface area (Å²) in [6.45, 7) is 8.05. The van der Waals surface area contributed by atoms with Crippen LogP contribution in [-0.4, -0.2) is 16.7 Å². The molecule has 0 aliphatic carbocycles. The first-order valence-electron chi connectivity index (χ1n) is 6.91. The van der Waals surface area contributed by atoms with Gasteiger partial charge in [0.05, 0.1) is 11.4 Å². The lowest BCUT2D eigenvalue weighted by Crippen LogP contribution is -2.16. The van der Waals surface area contributed by atoms with E-state index < -0.39 is 0 Å². The van der Waals surface area contributed by atoms with Gasteiger partial charge in [-0.25, -0.2) is 0 Å². The van der Waals surface area contributed by atoms with Gasteiger partial charge in [0.2, 0.25) is 0 Å². The topological polar surface area (TPSA) is 60.2 Å². The van der Waals surface area contributed by atoms with Crippen molar-refractivity contribution in [3.63, 3.8) is 0 Å². The van der Waals surface area contributed by atoms with Gasteiger partial charge in [-0.3, -0.25) is 4.98 Å². The van der Waals surface area contributed by atoms with Gasteiger partial charge in [-0.05, 0) is 38.9 Å². The number of aromatic nitrogens is 2. The lowest BCUT2D eigenvalue weighted by atomic mass is 10.2. The van der Waals surface area contributed by atoms with Crippen molar-refractivity contribution < 1.29 is 9.26 Å². The summed E-state index contributed by atoms with van der Waals surface area (Å²) in [4.78, 5) is 4.53. The third-order valence-corrected chi connectivity index (χ3v) is 2.84. The minimum atomic E-state index is 0.367. The average Bonchev–Trinajstić information content (AvgIpc) is 2.84. The maximum absolute atomic E-state index is 5.79. The SMILES string of the molecule is CCCNCc1nc(C)ccc1OCc1cc(C)no1. The summed E-state index contributed by atoms with van der Waals surface area (Å²) in [6.07, 6.45) is 1.10. The van der Waals surface area contributed by atoms with Gasteiger partial charge in [-0.2, -0.15) is 0 Å². The Labute approximate surface area is 119 Å². The van der Waals surface area contributed by atoms with Gasteiger partial charge in [0.25, 0.3) is 0 Å². The highest BCUT2D eigenvalue weighted by atomic mass is 16.5. The van der Waals surface area contributed by atoms with E-state index in [1.54, 1.807) is 0 Å². The van der Waals surface area contributed by atoms with Gasteiger partial charge in [0.15, 0.2) is 5.76 Å². The summed E-state index contributed by atoms with van der Waals surface area (Å²) in [5.41, 5.74) is 2.77. The van der Waals surface area contributed by atoms with Crippen molar-refractivity contribution in [3.8, 4) is 5.75 Å². The molecule has 5 nitrogen and oxygen atoms in total. The van der Waals surface area contributed by atoms with Crippen LogP contribution in [0.1, 0.15) is 36.2 Å². The smallest absolute Gasteiger partial charge is 0.174 e. The quantitative estimate of drug-likeness (QED) is 0.787. The molecule has 2 aromatic rings. The van der Waals surface area contributed by atoms with Crippen molar-refractivity contribution >= 4 is 0 Å². The largest absolute Gasteiger partial charge is 0.484 e. The molecular weight excluding hydrogens is 254 g/mol. The molecule has 0 spiro atoms. The average molecular weight is 275 g/mol. The number of rotatable bonds is 7. The normalized spacial score (nSPS) is 10.8. The van der Waals surface area contributed by atoms with Gasteiger partial charge in [-0.1, -0.05) is 12.1 Å². The van der Waals surface area contributed by atoms with Crippen LogP contribution in [0, 0.1) is 13.8 Å². The second-order valence-electron chi connectivity index (χ2n) is 4.80. The van der Waals surface area contributed by atoms with Gasteiger partial charge < -0.3 is 14.6 Å².